The molecule has 2 atom stereocenters. The Bertz CT molecular complexity index is 826. The minimum atomic E-state index is -0.0586. The second-order valence-electron chi connectivity index (χ2n) is 6.31. The van der Waals surface area contributed by atoms with Gasteiger partial charge in [0.2, 0.25) is 5.91 Å². The fourth-order valence-electron chi connectivity index (χ4n) is 3.14. The average molecular weight is 361 g/mol. The van der Waals surface area contributed by atoms with Gasteiger partial charge in [0, 0.05) is 19.6 Å². The molecule has 7 heteroatoms. The monoisotopic (exact) mass is 361 g/mol. The van der Waals surface area contributed by atoms with Gasteiger partial charge in [0.15, 0.2) is 5.16 Å². The highest BCUT2D eigenvalue weighted by Gasteiger charge is 2.26. The number of hydrogen-bond donors (Lipinski definition) is 0. The Morgan fingerprint density at radius 2 is 1.96 bits per heavy atom. The molecule has 0 aliphatic carbocycles. The highest BCUT2D eigenvalue weighted by atomic mass is 32.2. The number of morpholine rings is 1. The zero-order valence-electron chi connectivity index (χ0n) is 14.8. The third kappa shape index (κ3) is 3.88. The minimum absolute atomic E-state index is 0.0466. The largest absolute Gasteiger partial charge is 0.372 e. The van der Waals surface area contributed by atoms with Crippen LogP contribution in [0, 0.1) is 0 Å². The van der Waals surface area contributed by atoms with Gasteiger partial charge in [0.1, 0.15) is 0 Å². The van der Waals surface area contributed by atoms with Gasteiger partial charge in [-0.05, 0) is 32.9 Å². The van der Waals surface area contributed by atoms with Crippen LogP contribution < -0.4 is 5.56 Å². The van der Waals surface area contributed by atoms with Gasteiger partial charge in [0.25, 0.3) is 5.56 Å². The fraction of sp³-hybridized carbons (Fsp3) is 0.500. The molecule has 134 valence electrons. The first-order valence-electron chi connectivity index (χ1n) is 8.55. The predicted molar refractivity (Wildman–Crippen MR) is 99.0 cm³/mol. The molecule has 1 saturated heterocycles. The lowest BCUT2D eigenvalue weighted by Gasteiger charge is -2.35. The predicted octanol–water partition coefficient (Wildman–Crippen LogP) is 2.14. The number of fused-ring (bicyclic) bond motifs is 1. The van der Waals surface area contributed by atoms with Crippen molar-refractivity contribution in [3.63, 3.8) is 0 Å². The van der Waals surface area contributed by atoms with E-state index in [9.17, 15) is 9.59 Å². The Balaban J connectivity index is 1.79. The van der Waals surface area contributed by atoms with Gasteiger partial charge in [-0.1, -0.05) is 23.9 Å². The molecule has 0 saturated carbocycles. The van der Waals surface area contributed by atoms with Gasteiger partial charge in [-0.15, -0.1) is 0 Å². The lowest BCUT2D eigenvalue weighted by atomic mass is 10.2. The first-order chi connectivity index (χ1) is 12.0. The van der Waals surface area contributed by atoms with Crippen LogP contribution in [0.1, 0.15) is 20.8 Å². The van der Waals surface area contributed by atoms with E-state index in [1.807, 2.05) is 43.9 Å². The highest BCUT2D eigenvalue weighted by molar-refractivity contribution is 7.99. The molecule has 2 aromatic rings. The van der Waals surface area contributed by atoms with Crippen molar-refractivity contribution in [3.8, 4) is 0 Å². The van der Waals surface area contributed by atoms with Crippen LogP contribution in [0.3, 0.4) is 0 Å². The minimum Gasteiger partial charge on any atom is -0.372 e. The number of benzene rings is 1. The maximum absolute atomic E-state index is 12.6. The van der Waals surface area contributed by atoms with Crippen LogP contribution in [-0.4, -0.2) is 51.4 Å². The average Bonchev–Trinajstić information content (AvgIpc) is 2.59. The van der Waals surface area contributed by atoms with Crippen molar-refractivity contribution in [3.05, 3.63) is 34.6 Å². The van der Waals surface area contributed by atoms with E-state index in [1.54, 1.807) is 10.6 Å². The Hall–Kier alpha value is -1.86. The molecule has 1 aromatic carbocycles. The van der Waals surface area contributed by atoms with E-state index in [4.69, 9.17) is 4.74 Å². The van der Waals surface area contributed by atoms with Gasteiger partial charge in [0.05, 0.1) is 28.9 Å². The van der Waals surface area contributed by atoms with Crippen molar-refractivity contribution in [1.29, 1.82) is 0 Å². The lowest BCUT2D eigenvalue weighted by molar-refractivity contribution is -0.140. The molecular weight excluding hydrogens is 338 g/mol. The third-order valence-corrected chi connectivity index (χ3v) is 5.20. The quantitative estimate of drug-likeness (QED) is 0.617. The topological polar surface area (TPSA) is 64.4 Å². The normalized spacial score (nSPS) is 20.8. The van der Waals surface area contributed by atoms with Crippen molar-refractivity contribution in [2.45, 2.75) is 44.7 Å². The SMILES string of the molecule is CCn1c(SCC(=O)N2CC(C)OC(C)C2)nc2ccccc2c1=O. The lowest BCUT2D eigenvalue weighted by Crippen LogP contribution is -2.48. The Kier molecular flexibility index (Phi) is 5.44. The summed E-state index contributed by atoms with van der Waals surface area (Å²) in [4.78, 5) is 31.6. The van der Waals surface area contributed by atoms with Crippen LogP contribution in [0.5, 0.6) is 0 Å². The summed E-state index contributed by atoms with van der Waals surface area (Å²) in [5, 5.41) is 1.20. The van der Waals surface area contributed by atoms with Gasteiger partial charge in [-0.2, -0.15) is 0 Å². The molecular formula is C18H23N3O3S. The number of nitrogens with zero attached hydrogens (tertiary/aromatic N) is 3. The molecule has 1 aromatic heterocycles. The van der Waals surface area contributed by atoms with Gasteiger partial charge in [-0.3, -0.25) is 14.2 Å². The Morgan fingerprint density at radius 1 is 1.28 bits per heavy atom. The number of amides is 1. The van der Waals surface area contributed by atoms with Crippen LogP contribution in [0.4, 0.5) is 0 Å². The second kappa shape index (κ2) is 7.58. The summed E-state index contributed by atoms with van der Waals surface area (Å²) in [6.07, 6.45) is 0.0932. The van der Waals surface area contributed by atoms with Crippen molar-refractivity contribution in [1.82, 2.24) is 14.5 Å². The van der Waals surface area contributed by atoms with Crippen LogP contribution in [-0.2, 0) is 16.1 Å². The summed E-state index contributed by atoms with van der Waals surface area (Å²) in [5.41, 5.74) is 0.609. The van der Waals surface area contributed by atoms with E-state index in [0.717, 1.165) is 0 Å². The van der Waals surface area contributed by atoms with E-state index >= 15 is 0 Å². The number of para-hydroxylation sites is 1. The summed E-state index contributed by atoms with van der Waals surface area (Å²) in [6, 6.07) is 7.31. The van der Waals surface area contributed by atoms with Crippen LogP contribution in [0.15, 0.2) is 34.2 Å². The number of carbonyl (C=O) groups is 1. The molecule has 1 aliphatic rings. The summed E-state index contributed by atoms with van der Waals surface area (Å²) < 4.78 is 7.30. The van der Waals surface area contributed by atoms with Crippen molar-refractivity contribution in [2.75, 3.05) is 18.8 Å². The van der Waals surface area contributed by atoms with Gasteiger partial charge < -0.3 is 9.64 Å². The maximum Gasteiger partial charge on any atom is 0.262 e. The van der Waals surface area contributed by atoms with E-state index in [-0.39, 0.29) is 29.4 Å². The zero-order chi connectivity index (χ0) is 18.0. The second-order valence-corrected chi connectivity index (χ2v) is 7.25. The molecule has 1 aliphatic heterocycles. The molecule has 0 radical (unpaired) electrons. The molecule has 2 heterocycles. The van der Waals surface area contributed by atoms with Crippen LogP contribution in [0.2, 0.25) is 0 Å². The number of rotatable bonds is 4. The van der Waals surface area contributed by atoms with E-state index in [2.05, 4.69) is 4.98 Å². The first-order valence-corrected chi connectivity index (χ1v) is 9.53. The van der Waals surface area contributed by atoms with E-state index in [0.29, 0.717) is 35.7 Å². The molecule has 2 unspecified atom stereocenters. The van der Waals surface area contributed by atoms with E-state index < -0.39 is 0 Å². The number of ether oxygens (including phenoxy) is 1. The van der Waals surface area contributed by atoms with Crippen molar-refractivity contribution >= 4 is 28.6 Å². The molecule has 1 amide bonds. The zero-order valence-corrected chi connectivity index (χ0v) is 15.6. The molecule has 3 rings (SSSR count). The number of thioether (sulfide) groups is 1. The van der Waals surface area contributed by atoms with Crippen LogP contribution >= 0.6 is 11.8 Å². The smallest absolute Gasteiger partial charge is 0.262 e. The van der Waals surface area contributed by atoms with E-state index in [1.165, 1.54) is 11.8 Å². The molecule has 0 spiro atoms. The Morgan fingerprint density at radius 3 is 2.64 bits per heavy atom. The molecule has 0 N–H and O–H groups in total. The number of aromatic nitrogens is 2. The maximum atomic E-state index is 12.6. The van der Waals surface area contributed by atoms with Crippen molar-refractivity contribution < 1.29 is 9.53 Å². The first kappa shape index (κ1) is 17.9. The fourth-order valence-corrected chi connectivity index (χ4v) is 4.10. The summed E-state index contributed by atoms with van der Waals surface area (Å²) >= 11 is 1.32. The molecule has 1 fully saturated rings. The molecule has 6 nitrogen and oxygen atoms in total. The number of carbonyl (C=O) groups excluding carboxylic acids is 1. The van der Waals surface area contributed by atoms with Crippen molar-refractivity contribution in [2.24, 2.45) is 0 Å². The summed E-state index contributed by atoms with van der Waals surface area (Å²) in [5.74, 6) is 0.321. The standard InChI is InChI=1S/C18H23N3O3S/c1-4-21-17(23)14-7-5-6-8-15(14)19-18(21)25-11-16(22)20-9-12(2)24-13(3)10-20/h5-8,12-13H,4,9-11H2,1-3H3. The molecule has 25 heavy (non-hydrogen) atoms. The number of hydrogen-bond acceptors (Lipinski definition) is 5. The third-order valence-electron chi connectivity index (χ3n) is 4.24. The Labute approximate surface area is 151 Å². The summed E-state index contributed by atoms with van der Waals surface area (Å²) in [6.45, 7) is 7.60. The molecule has 0 bridgehead atoms. The highest BCUT2D eigenvalue weighted by Crippen LogP contribution is 2.19. The van der Waals surface area contributed by atoms with Crippen LogP contribution in [0.25, 0.3) is 10.9 Å². The van der Waals surface area contributed by atoms with Gasteiger partial charge >= 0.3 is 0 Å². The summed E-state index contributed by atoms with van der Waals surface area (Å²) in [7, 11) is 0. The van der Waals surface area contributed by atoms with Gasteiger partial charge in [-0.25, -0.2) is 4.98 Å².